The smallest absolute Gasteiger partial charge is 0.337 e. The van der Waals surface area contributed by atoms with Crippen molar-refractivity contribution in [3.8, 4) is 6.07 Å². The second kappa shape index (κ2) is 8.23. The van der Waals surface area contributed by atoms with Crippen molar-refractivity contribution in [3.05, 3.63) is 59.7 Å². The Balaban J connectivity index is 1.57. The Bertz CT molecular complexity index is 866. The summed E-state index contributed by atoms with van der Waals surface area (Å²) in [5.74, 6) is -0.442. The number of hydrogen-bond donors (Lipinski definition) is 1. The maximum absolute atomic E-state index is 12.5. The molecule has 27 heavy (non-hydrogen) atoms. The summed E-state index contributed by atoms with van der Waals surface area (Å²) in [4.78, 5) is 28.0. The number of anilines is 2. The number of nitrogens with one attached hydrogen (secondary N) is 1. The van der Waals surface area contributed by atoms with Gasteiger partial charge in [0.05, 0.1) is 24.3 Å². The van der Waals surface area contributed by atoms with Crippen LogP contribution in [0.5, 0.6) is 0 Å². The third-order valence-corrected chi connectivity index (χ3v) is 4.46. The van der Waals surface area contributed by atoms with Crippen LogP contribution in [-0.4, -0.2) is 50.2 Å². The molecule has 0 unspecified atom stereocenters. The number of esters is 1. The summed E-state index contributed by atoms with van der Waals surface area (Å²) < 4.78 is 4.70. The highest BCUT2D eigenvalue weighted by Crippen LogP contribution is 2.18. The van der Waals surface area contributed by atoms with Crippen LogP contribution in [0.25, 0.3) is 0 Å². The minimum Gasteiger partial charge on any atom is -0.465 e. The molecular weight excluding hydrogens is 344 g/mol. The molecule has 1 saturated heterocycles. The first kappa shape index (κ1) is 18.3. The minimum absolute atomic E-state index is 0.198. The van der Waals surface area contributed by atoms with Gasteiger partial charge in [-0.3, -0.25) is 0 Å². The van der Waals surface area contributed by atoms with Crippen molar-refractivity contribution in [2.75, 3.05) is 43.5 Å². The second-order valence-electron chi connectivity index (χ2n) is 6.14. The Hall–Kier alpha value is -3.53. The number of piperazine rings is 1. The van der Waals surface area contributed by atoms with Gasteiger partial charge in [-0.2, -0.15) is 5.26 Å². The van der Waals surface area contributed by atoms with E-state index in [1.165, 1.54) is 7.11 Å². The van der Waals surface area contributed by atoms with E-state index in [0.29, 0.717) is 43.0 Å². The molecule has 1 N–H and O–H groups in total. The lowest BCUT2D eigenvalue weighted by molar-refractivity contribution is 0.0600. The molecule has 2 amide bonds. The van der Waals surface area contributed by atoms with Crippen LogP contribution in [0.3, 0.4) is 0 Å². The molecule has 0 bridgehead atoms. The standard InChI is InChI=1S/C20H20N4O3/c1-27-19(25)16-3-2-4-17(13-16)22-20(26)24-11-9-23(10-12-24)18-7-5-15(14-21)6-8-18/h2-8,13H,9-12H2,1H3,(H,22,26). The normalized spacial score (nSPS) is 13.6. The van der Waals surface area contributed by atoms with Gasteiger partial charge in [0.15, 0.2) is 0 Å². The van der Waals surface area contributed by atoms with Crippen molar-refractivity contribution >= 4 is 23.4 Å². The predicted octanol–water partition coefficient (Wildman–Crippen LogP) is 2.70. The molecule has 7 heteroatoms. The van der Waals surface area contributed by atoms with E-state index in [0.717, 1.165) is 5.69 Å². The Morgan fingerprint density at radius 2 is 1.78 bits per heavy atom. The van der Waals surface area contributed by atoms with Gasteiger partial charge in [0.2, 0.25) is 0 Å². The van der Waals surface area contributed by atoms with E-state index in [-0.39, 0.29) is 6.03 Å². The number of benzene rings is 2. The van der Waals surface area contributed by atoms with Crippen LogP contribution in [-0.2, 0) is 4.74 Å². The molecule has 2 aromatic carbocycles. The molecule has 0 aromatic heterocycles. The second-order valence-corrected chi connectivity index (χ2v) is 6.14. The number of carbonyl (C=O) groups is 2. The molecule has 0 radical (unpaired) electrons. The molecule has 1 aliphatic heterocycles. The zero-order valence-corrected chi connectivity index (χ0v) is 15.0. The first-order valence-electron chi connectivity index (χ1n) is 8.60. The van der Waals surface area contributed by atoms with Crippen LogP contribution >= 0.6 is 0 Å². The van der Waals surface area contributed by atoms with Gasteiger partial charge in [0, 0.05) is 37.6 Å². The average molecular weight is 364 g/mol. The van der Waals surface area contributed by atoms with Crippen LogP contribution in [0.4, 0.5) is 16.2 Å². The van der Waals surface area contributed by atoms with Crippen molar-refractivity contribution in [3.63, 3.8) is 0 Å². The monoisotopic (exact) mass is 364 g/mol. The number of rotatable bonds is 3. The van der Waals surface area contributed by atoms with Crippen molar-refractivity contribution in [2.45, 2.75) is 0 Å². The van der Waals surface area contributed by atoms with Crippen molar-refractivity contribution < 1.29 is 14.3 Å². The van der Waals surface area contributed by atoms with E-state index in [1.54, 1.807) is 41.3 Å². The zero-order valence-electron chi connectivity index (χ0n) is 15.0. The minimum atomic E-state index is -0.442. The van der Waals surface area contributed by atoms with Gasteiger partial charge in [-0.15, -0.1) is 0 Å². The highest BCUT2D eigenvalue weighted by Gasteiger charge is 2.21. The predicted molar refractivity (Wildman–Crippen MR) is 102 cm³/mol. The van der Waals surface area contributed by atoms with Gasteiger partial charge < -0.3 is 19.9 Å². The summed E-state index contributed by atoms with van der Waals surface area (Å²) in [6, 6.07) is 16.0. The molecule has 0 spiro atoms. The van der Waals surface area contributed by atoms with E-state index < -0.39 is 5.97 Å². The average Bonchev–Trinajstić information content (AvgIpc) is 2.73. The van der Waals surface area contributed by atoms with Crippen LogP contribution in [0, 0.1) is 11.3 Å². The molecular formula is C20H20N4O3. The van der Waals surface area contributed by atoms with Crippen LogP contribution < -0.4 is 10.2 Å². The quantitative estimate of drug-likeness (QED) is 0.847. The first-order valence-corrected chi connectivity index (χ1v) is 8.60. The third kappa shape index (κ3) is 4.36. The van der Waals surface area contributed by atoms with Crippen LogP contribution in [0.15, 0.2) is 48.5 Å². The molecule has 1 heterocycles. The van der Waals surface area contributed by atoms with E-state index in [9.17, 15) is 9.59 Å². The van der Waals surface area contributed by atoms with Gasteiger partial charge >= 0.3 is 12.0 Å². The van der Waals surface area contributed by atoms with E-state index >= 15 is 0 Å². The fourth-order valence-corrected chi connectivity index (χ4v) is 2.96. The topological polar surface area (TPSA) is 85.7 Å². The summed E-state index contributed by atoms with van der Waals surface area (Å²) in [5.41, 5.74) is 2.61. The summed E-state index contributed by atoms with van der Waals surface area (Å²) in [6.45, 7) is 2.59. The highest BCUT2D eigenvalue weighted by molar-refractivity contribution is 5.94. The first-order chi connectivity index (χ1) is 13.1. The van der Waals surface area contributed by atoms with Gasteiger partial charge in [0.25, 0.3) is 0 Å². The Morgan fingerprint density at radius 1 is 1.07 bits per heavy atom. The lowest BCUT2D eigenvalue weighted by Gasteiger charge is -2.36. The van der Waals surface area contributed by atoms with Crippen molar-refractivity contribution in [2.24, 2.45) is 0 Å². The maximum Gasteiger partial charge on any atom is 0.337 e. The van der Waals surface area contributed by atoms with Gasteiger partial charge in [-0.25, -0.2) is 9.59 Å². The Morgan fingerprint density at radius 3 is 2.41 bits per heavy atom. The largest absolute Gasteiger partial charge is 0.465 e. The lowest BCUT2D eigenvalue weighted by Crippen LogP contribution is -2.50. The van der Waals surface area contributed by atoms with Crippen LogP contribution in [0.2, 0.25) is 0 Å². The van der Waals surface area contributed by atoms with E-state index in [1.807, 2.05) is 12.1 Å². The molecule has 0 aliphatic carbocycles. The SMILES string of the molecule is COC(=O)c1cccc(NC(=O)N2CCN(c3ccc(C#N)cc3)CC2)c1. The number of hydrogen-bond acceptors (Lipinski definition) is 5. The Kier molecular flexibility index (Phi) is 5.57. The van der Waals surface area contributed by atoms with Gasteiger partial charge in [-0.1, -0.05) is 6.07 Å². The number of carbonyl (C=O) groups excluding carboxylic acids is 2. The molecule has 7 nitrogen and oxygen atoms in total. The molecule has 138 valence electrons. The van der Waals surface area contributed by atoms with Crippen molar-refractivity contribution in [1.82, 2.24) is 4.90 Å². The zero-order chi connectivity index (χ0) is 19.2. The number of methoxy groups -OCH3 is 1. The fourth-order valence-electron chi connectivity index (χ4n) is 2.96. The fraction of sp³-hybridized carbons (Fsp3) is 0.250. The number of ether oxygens (including phenoxy) is 1. The molecule has 2 aromatic rings. The molecule has 3 rings (SSSR count). The summed E-state index contributed by atoms with van der Waals surface area (Å²) in [6.07, 6.45) is 0. The highest BCUT2D eigenvalue weighted by atomic mass is 16.5. The lowest BCUT2D eigenvalue weighted by atomic mass is 10.2. The van der Waals surface area contributed by atoms with Crippen LogP contribution in [0.1, 0.15) is 15.9 Å². The molecule has 0 saturated carbocycles. The number of nitriles is 1. The van der Waals surface area contributed by atoms with Gasteiger partial charge in [0.1, 0.15) is 0 Å². The number of amides is 2. The summed E-state index contributed by atoms with van der Waals surface area (Å²) in [5, 5.41) is 11.7. The van der Waals surface area contributed by atoms with Crippen molar-refractivity contribution in [1.29, 1.82) is 5.26 Å². The third-order valence-electron chi connectivity index (χ3n) is 4.46. The summed E-state index contributed by atoms with van der Waals surface area (Å²) in [7, 11) is 1.32. The molecule has 1 fully saturated rings. The summed E-state index contributed by atoms with van der Waals surface area (Å²) >= 11 is 0. The van der Waals surface area contributed by atoms with Gasteiger partial charge in [-0.05, 0) is 42.5 Å². The van der Waals surface area contributed by atoms with E-state index in [4.69, 9.17) is 10.00 Å². The maximum atomic E-state index is 12.5. The molecule has 1 aliphatic rings. The number of urea groups is 1. The van der Waals surface area contributed by atoms with E-state index in [2.05, 4.69) is 16.3 Å². The Labute approximate surface area is 157 Å². The number of nitrogens with zero attached hydrogens (tertiary/aromatic N) is 3. The molecule has 0 atom stereocenters.